The highest BCUT2D eigenvalue weighted by atomic mass is 32.2. The Labute approximate surface area is 91.3 Å². The molecule has 1 aromatic rings. The molecule has 16 heavy (non-hydrogen) atoms. The van der Waals surface area contributed by atoms with Crippen LogP contribution in [0.15, 0.2) is 23.1 Å². The van der Waals surface area contributed by atoms with Crippen molar-refractivity contribution in [3.63, 3.8) is 0 Å². The average molecular weight is 248 g/mol. The first-order chi connectivity index (χ1) is 7.38. The quantitative estimate of drug-likeness (QED) is 0.636. The first-order valence-corrected chi connectivity index (χ1v) is 5.80. The van der Waals surface area contributed by atoms with Crippen molar-refractivity contribution in [2.45, 2.75) is 11.8 Å². The fourth-order valence-corrected chi connectivity index (χ4v) is 2.19. The van der Waals surface area contributed by atoms with E-state index in [0.717, 1.165) is 12.1 Å². The molecular weight excluding hydrogens is 239 g/mol. The molecule has 0 unspecified atom stereocenters. The molecule has 0 saturated carbocycles. The summed E-state index contributed by atoms with van der Waals surface area (Å²) in [5.74, 6) is -1.14. The summed E-state index contributed by atoms with van der Waals surface area (Å²) in [6, 6.07) is 2.38. The molecule has 0 spiro atoms. The zero-order chi connectivity index (χ0) is 12.3. The zero-order valence-electron chi connectivity index (χ0n) is 8.31. The van der Waals surface area contributed by atoms with Gasteiger partial charge in [-0.25, -0.2) is 17.5 Å². The van der Waals surface area contributed by atoms with Crippen LogP contribution in [0.25, 0.3) is 0 Å². The molecule has 0 aromatic heterocycles. The molecule has 0 aliphatic heterocycles. The maximum atomic E-state index is 13.3. The summed E-state index contributed by atoms with van der Waals surface area (Å²) in [5, 5.41) is 10.3. The Morgan fingerprint density at radius 2 is 2.12 bits per heavy atom. The second-order valence-electron chi connectivity index (χ2n) is 2.87. The fourth-order valence-electron chi connectivity index (χ4n) is 1.09. The van der Waals surface area contributed by atoms with Crippen LogP contribution in [0, 0.1) is 15.9 Å². The van der Waals surface area contributed by atoms with E-state index in [1.807, 2.05) is 0 Å². The Balaban J connectivity index is 3.23. The fraction of sp³-hybridized carbons (Fsp3) is 0.250. The van der Waals surface area contributed by atoms with Gasteiger partial charge in [0.25, 0.3) is 5.69 Å². The molecule has 0 atom stereocenters. The number of nitro groups is 1. The number of halogens is 1. The summed E-state index contributed by atoms with van der Waals surface area (Å²) in [4.78, 5) is 8.92. The lowest BCUT2D eigenvalue weighted by molar-refractivity contribution is -0.385. The van der Waals surface area contributed by atoms with Gasteiger partial charge in [-0.3, -0.25) is 10.1 Å². The highest BCUT2D eigenvalue weighted by Gasteiger charge is 2.20. The first-order valence-electron chi connectivity index (χ1n) is 4.32. The summed E-state index contributed by atoms with van der Waals surface area (Å²) in [6.45, 7) is 1.65. The molecule has 0 aliphatic rings. The van der Waals surface area contributed by atoms with E-state index in [9.17, 15) is 22.9 Å². The highest BCUT2D eigenvalue weighted by Crippen LogP contribution is 2.19. The Kier molecular flexibility index (Phi) is 3.55. The van der Waals surface area contributed by atoms with Gasteiger partial charge in [-0.05, 0) is 6.07 Å². The molecule has 1 aromatic carbocycles. The van der Waals surface area contributed by atoms with Crippen LogP contribution in [0.5, 0.6) is 0 Å². The number of benzene rings is 1. The maximum absolute atomic E-state index is 13.3. The van der Waals surface area contributed by atoms with E-state index >= 15 is 0 Å². The maximum Gasteiger partial charge on any atom is 0.272 e. The van der Waals surface area contributed by atoms with Crippen molar-refractivity contribution >= 4 is 15.7 Å². The predicted octanol–water partition coefficient (Wildman–Crippen LogP) is 1.03. The summed E-state index contributed by atoms with van der Waals surface area (Å²) in [5.41, 5.74) is -0.493. The Morgan fingerprint density at radius 3 is 2.56 bits per heavy atom. The van der Waals surface area contributed by atoms with Gasteiger partial charge in [0.2, 0.25) is 10.0 Å². The second kappa shape index (κ2) is 4.54. The van der Waals surface area contributed by atoms with Gasteiger partial charge in [-0.15, -0.1) is 0 Å². The van der Waals surface area contributed by atoms with E-state index in [1.54, 1.807) is 6.92 Å². The average Bonchev–Trinajstić information content (AvgIpc) is 2.16. The third-order valence-electron chi connectivity index (χ3n) is 1.75. The molecule has 0 bridgehead atoms. The monoisotopic (exact) mass is 248 g/mol. The number of non-ortho nitro benzene ring substituents is 1. The summed E-state index contributed by atoms with van der Waals surface area (Å²) >= 11 is 0. The third-order valence-corrected chi connectivity index (χ3v) is 3.33. The molecule has 1 rings (SSSR count). The lowest BCUT2D eigenvalue weighted by Crippen LogP contribution is -2.24. The van der Waals surface area contributed by atoms with Crippen LogP contribution < -0.4 is 4.72 Å². The number of rotatable bonds is 4. The van der Waals surface area contributed by atoms with E-state index < -0.39 is 31.3 Å². The number of hydrogen-bond donors (Lipinski definition) is 1. The molecule has 1 N–H and O–H groups in total. The molecule has 0 heterocycles. The van der Waals surface area contributed by atoms with E-state index in [2.05, 4.69) is 4.72 Å². The van der Waals surface area contributed by atoms with Crippen LogP contribution in [0.3, 0.4) is 0 Å². The Hall–Kier alpha value is -1.54. The van der Waals surface area contributed by atoms with Crippen LogP contribution in [0.2, 0.25) is 0 Å². The predicted molar refractivity (Wildman–Crippen MR) is 53.9 cm³/mol. The van der Waals surface area contributed by atoms with Crippen LogP contribution in [0.4, 0.5) is 10.1 Å². The molecule has 0 saturated heterocycles. The van der Waals surface area contributed by atoms with E-state index in [-0.39, 0.29) is 6.54 Å². The Morgan fingerprint density at radius 1 is 1.50 bits per heavy atom. The smallest absolute Gasteiger partial charge is 0.258 e. The van der Waals surface area contributed by atoms with Crippen LogP contribution in [0.1, 0.15) is 6.92 Å². The van der Waals surface area contributed by atoms with Crippen molar-refractivity contribution in [2.24, 2.45) is 0 Å². The number of nitrogens with zero attached hydrogens (tertiary/aromatic N) is 1. The van der Waals surface area contributed by atoms with Crippen molar-refractivity contribution in [1.29, 1.82) is 0 Å². The van der Waals surface area contributed by atoms with Gasteiger partial charge in [0.15, 0.2) is 0 Å². The van der Waals surface area contributed by atoms with Crippen molar-refractivity contribution in [1.82, 2.24) is 4.72 Å². The van der Waals surface area contributed by atoms with Crippen LogP contribution in [-0.2, 0) is 10.0 Å². The van der Waals surface area contributed by atoms with Crippen molar-refractivity contribution in [2.75, 3.05) is 6.54 Å². The molecule has 6 nitrogen and oxygen atoms in total. The number of hydrogen-bond acceptors (Lipinski definition) is 4. The van der Waals surface area contributed by atoms with Gasteiger partial charge < -0.3 is 0 Å². The highest BCUT2D eigenvalue weighted by molar-refractivity contribution is 7.89. The number of sulfonamides is 1. The second-order valence-corrected chi connectivity index (χ2v) is 4.61. The van der Waals surface area contributed by atoms with E-state index in [4.69, 9.17) is 0 Å². The van der Waals surface area contributed by atoms with Crippen molar-refractivity contribution in [3.8, 4) is 0 Å². The minimum Gasteiger partial charge on any atom is -0.258 e. The normalized spacial score (nSPS) is 11.4. The Bertz CT molecular complexity index is 515. The molecular formula is C8H9FN2O4S. The summed E-state index contributed by atoms with van der Waals surface area (Å²) in [6.07, 6.45) is 0. The zero-order valence-corrected chi connectivity index (χ0v) is 9.12. The minimum atomic E-state index is -3.93. The van der Waals surface area contributed by atoms with Crippen LogP contribution >= 0.6 is 0 Å². The number of nitro benzene ring substituents is 1. The molecule has 88 valence electrons. The topological polar surface area (TPSA) is 89.3 Å². The third kappa shape index (κ3) is 2.52. The lowest BCUT2D eigenvalue weighted by atomic mass is 10.3. The van der Waals surface area contributed by atoms with Gasteiger partial charge >= 0.3 is 0 Å². The van der Waals surface area contributed by atoms with Gasteiger partial charge in [0.1, 0.15) is 10.7 Å². The van der Waals surface area contributed by atoms with Crippen molar-refractivity contribution in [3.05, 3.63) is 34.1 Å². The van der Waals surface area contributed by atoms with Crippen molar-refractivity contribution < 1.29 is 17.7 Å². The summed E-state index contributed by atoms with van der Waals surface area (Å²) < 4.78 is 38.2. The summed E-state index contributed by atoms with van der Waals surface area (Å²) in [7, 11) is -3.93. The standard InChI is InChI=1S/C8H9FN2O4S/c1-2-10-16(14,15)8-4-3-6(11(12)13)5-7(8)9/h3-5,10H,2H2,1H3. The van der Waals surface area contributed by atoms with E-state index in [0.29, 0.717) is 6.07 Å². The molecule has 0 fully saturated rings. The largest absolute Gasteiger partial charge is 0.272 e. The first kappa shape index (κ1) is 12.5. The SMILES string of the molecule is CCNS(=O)(=O)c1ccc([N+](=O)[O-])cc1F. The van der Waals surface area contributed by atoms with Gasteiger partial charge in [0, 0.05) is 12.6 Å². The van der Waals surface area contributed by atoms with Gasteiger partial charge in [-0.2, -0.15) is 0 Å². The molecule has 0 radical (unpaired) electrons. The van der Waals surface area contributed by atoms with E-state index in [1.165, 1.54) is 0 Å². The van der Waals surface area contributed by atoms with Crippen LogP contribution in [-0.4, -0.2) is 19.9 Å². The molecule has 0 amide bonds. The lowest BCUT2D eigenvalue weighted by Gasteiger charge is -2.04. The van der Waals surface area contributed by atoms with Gasteiger partial charge in [-0.1, -0.05) is 6.92 Å². The number of nitrogens with one attached hydrogen (secondary N) is 1. The minimum absolute atomic E-state index is 0.110. The van der Waals surface area contributed by atoms with Gasteiger partial charge in [0.05, 0.1) is 11.0 Å². The molecule has 0 aliphatic carbocycles. The molecule has 8 heteroatoms.